The van der Waals surface area contributed by atoms with Crippen molar-refractivity contribution in [2.75, 3.05) is 36.4 Å². The van der Waals surface area contributed by atoms with E-state index in [1.807, 2.05) is 29.2 Å². The molecule has 1 N–H and O–H groups in total. The third-order valence-corrected chi connectivity index (χ3v) is 5.49. The molecule has 0 bridgehead atoms. The van der Waals surface area contributed by atoms with Crippen LogP contribution in [0, 0.1) is 5.82 Å². The predicted molar refractivity (Wildman–Crippen MR) is 120 cm³/mol. The molecule has 0 atom stereocenters. The molecule has 0 saturated carbocycles. The van der Waals surface area contributed by atoms with Crippen molar-refractivity contribution in [1.29, 1.82) is 0 Å². The van der Waals surface area contributed by atoms with E-state index in [0.717, 1.165) is 5.69 Å². The first-order valence-electron chi connectivity index (χ1n) is 9.96. The highest BCUT2D eigenvalue weighted by atomic mass is 35.5. The molecule has 4 rings (SSSR count). The number of halogens is 2. The molecule has 1 saturated heterocycles. The number of benzene rings is 3. The maximum absolute atomic E-state index is 13.3. The summed E-state index contributed by atoms with van der Waals surface area (Å²) >= 11 is 5.90. The summed E-state index contributed by atoms with van der Waals surface area (Å²) in [4.78, 5) is 28.9. The number of piperazine rings is 1. The Kier molecular flexibility index (Phi) is 6.18. The monoisotopic (exact) mass is 437 g/mol. The Morgan fingerprint density at radius 1 is 0.839 bits per heavy atom. The van der Waals surface area contributed by atoms with Gasteiger partial charge in [-0.05, 0) is 66.7 Å². The number of hydrogen-bond donors (Lipinski definition) is 1. The third kappa shape index (κ3) is 5.03. The average Bonchev–Trinajstić information content (AvgIpc) is 2.80. The molecule has 31 heavy (non-hydrogen) atoms. The minimum atomic E-state index is -0.448. The van der Waals surface area contributed by atoms with Gasteiger partial charge in [0.05, 0.1) is 0 Å². The van der Waals surface area contributed by atoms with E-state index in [1.165, 1.54) is 18.2 Å². The summed E-state index contributed by atoms with van der Waals surface area (Å²) in [6, 6.07) is 20.0. The first-order valence-corrected chi connectivity index (χ1v) is 10.3. The van der Waals surface area contributed by atoms with Crippen LogP contribution in [0.3, 0.4) is 0 Å². The second-order valence-corrected chi connectivity index (χ2v) is 7.73. The van der Waals surface area contributed by atoms with Gasteiger partial charge in [0.15, 0.2) is 0 Å². The Morgan fingerprint density at radius 3 is 2.16 bits per heavy atom. The fourth-order valence-electron chi connectivity index (χ4n) is 3.53. The van der Waals surface area contributed by atoms with E-state index in [1.54, 1.807) is 30.3 Å². The highest BCUT2D eigenvalue weighted by molar-refractivity contribution is 6.30. The Hall–Kier alpha value is -3.38. The lowest BCUT2D eigenvalue weighted by Gasteiger charge is -2.36. The summed E-state index contributed by atoms with van der Waals surface area (Å²) < 4.78 is 13.3. The topological polar surface area (TPSA) is 52.7 Å². The standard InChI is InChI=1S/C24H21ClFN3O2/c25-19-6-4-17(5-7-19)24(31)29-14-12-28(13-15-29)22-10-8-21(9-11-22)27-23(30)18-2-1-3-20(26)16-18/h1-11,16H,12-15H2,(H,27,30). The molecule has 3 aromatic carbocycles. The summed E-state index contributed by atoms with van der Waals surface area (Å²) in [7, 11) is 0. The minimum Gasteiger partial charge on any atom is -0.368 e. The van der Waals surface area contributed by atoms with E-state index in [2.05, 4.69) is 10.2 Å². The molecule has 1 aliphatic rings. The molecule has 0 unspecified atom stereocenters. The van der Waals surface area contributed by atoms with E-state index in [-0.39, 0.29) is 17.4 Å². The average molecular weight is 438 g/mol. The zero-order valence-corrected chi connectivity index (χ0v) is 17.5. The van der Waals surface area contributed by atoms with E-state index in [0.29, 0.717) is 42.5 Å². The van der Waals surface area contributed by atoms with Gasteiger partial charge in [0.1, 0.15) is 5.82 Å². The maximum Gasteiger partial charge on any atom is 0.255 e. The summed E-state index contributed by atoms with van der Waals surface area (Å²) in [6.07, 6.45) is 0. The molecule has 0 aliphatic carbocycles. The molecule has 158 valence electrons. The Balaban J connectivity index is 1.33. The predicted octanol–water partition coefficient (Wildman–Crippen LogP) is 4.69. The molecule has 2 amide bonds. The van der Waals surface area contributed by atoms with Gasteiger partial charge in [-0.3, -0.25) is 9.59 Å². The quantitative estimate of drug-likeness (QED) is 0.644. The van der Waals surface area contributed by atoms with Crippen molar-refractivity contribution in [2.45, 2.75) is 0 Å². The molecule has 7 heteroatoms. The SMILES string of the molecule is O=C(Nc1ccc(N2CCN(C(=O)c3ccc(Cl)cc3)CC2)cc1)c1cccc(F)c1. The third-order valence-electron chi connectivity index (χ3n) is 5.24. The summed E-state index contributed by atoms with van der Waals surface area (Å²) in [5.74, 6) is -0.801. The second-order valence-electron chi connectivity index (χ2n) is 7.30. The lowest BCUT2D eigenvalue weighted by molar-refractivity contribution is 0.0746. The van der Waals surface area contributed by atoms with Crippen LogP contribution in [0.25, 0.3) is 0 Å². The Morgan fingerprint density at radius 2 is 1.52 bits per heavy atom. The van der Waals surface area contributed by atoms with Crippen LogP contribution in [-0.4, -0.2) is 42.9 Å². The highest BCUT2D eigenvalue weighted by Crippen LogP contribution is 2.21. The fraction of sp³-hybridized carbons (Fsp3) is 0.167. The van der Waals surface area contributed by atoms with E-state index < -0.39 is 5.82 Å². The van der Waals surface area contributed by atoms with Gasteiger partial charge in [-0.15, -0.1) is 0 Å². The molecule has 0 spiro atoms. The van der Waals surface area contributed by atoms with Gasteiger partial charge in [0, 0.05) is 53.7 Å². The summed E-state index contributed by atoms with van der Waals surface area (Å²) in [5, 5.41) is 3.38. The van der Waals surface area contributed by atoms with Gasteiger partial charge in [0.25, 0.3) is 11.8 Å². The number of hydrogen-bond acceptors (Lipinski definition) is 3. The number of carbonyl (C=O) groups excluding carboxylic acids is 2. The first-order chi connectivity index (χ1) is 15.0. The summed E-state index contributed by atoms with van der Waals surface area (Å²) in [6.45, 7) is 2.68. The van der Waals surface area contributed by atoms with Crippen molar-refractivity contribution in [3.63, 3.8) is 0 Å². The number of rotatable bonds is 4. The van der Waals surface area contributed by atoms with Crippen LogP contribution in [-0.2, 0) is 0 Å². The van der Waals surface area contributed by atoms with Crippen LogP contribution >= 0.6 is 11.6 Å². The van der Waals surface area contributed by atoms with Crippen LogP contribution in [0.2, 0.25) is 5.02 Å². The second kappa shape index (κ2) is 9.18. The van der Waals surface area contributed by atoms with Crippen LogP contribution in [0.4, 0.5) is 15.8 Å². The number of carbonyl (C=O) groups is 2. The van der Waals surface area contributed by atoms with Crippen molar-refractivity contribution in [1.82, 2.24) is 4.90 Å². The number of anilines is 2. The van der Waals surface area contributed by atoms with Crippen molar-refractivity contribution < 1.29 is 14.0 Å². The van der Waals surface area contributed by atoms with Gasteiger partial charge >= 0.3 is 0 Å². The molecule has 1 aliphatic heterocycles. The van der Waals surface area contributed by atoms with Crippen molar-refractivity contribution in [2.24, 2.45) is 0 Å². The van der Waals surface area contributed by atoms with Crippen LogP contribution in [0.5, 0.6) is 0 Å². The van der Waals surface area contributed by atoms with Crippen LogP contribution in [0.15, 0.2) is 72.8 Å². The summed E-state index contributed by atoms with van der Waals surface area (Å²) in [5.41, 5.74) is 2.55. The molecule has 1 heterocycles. The zero-order valence-electron chi connectivity index (χ0n) is 16.7. The fourth-order valence-corrected chi connectivity index (χ4v) is 3.66. The van der Waals surface area contributed by atoms with Gasteiger partial charge in [-0.25, -0.2) is 4.39 Å². The first kappa shape index (κ1) is 20.9. The van der Waals surface area contributed by atoms with Gasteiger partial charge in [-0.2, -0.15) is 0 Å². The molecule has 0 radical (unpaired) electrons. The smallest absolute Gasteiger partial charge is 0.255 e. The van der Waals surface area contributed by atoms with Crippen molar-refractivity contribution in [3.05, 3.63) is 94.8 Å². The molecule has 0 aromatic heterocycles. The van der Waals surface area contributed by atoms with Crippen molar-refractivity contribution in [3.8, 4) is 0 Å². The number of nitrogens with zero attached hydrogens (tertiary/aromatic N) is 2. The molecule has 5 nitrogen and oxygen atoms in total. The number of amides is 2. The molecule has 1 fully saturated rings. The van der Waals surface area contributed by atoms with Crippen LogP contribution in [0.1, 0.15) is 20.7 Å². The van der Waals surface area contributed by atoms with E-state index >= 15 is 0 Å². The van der Waals surface area contributed by atoms with E-state index in [4.69, 9.17) is 11.6 Å². The lowest BCUT2D eigenvalue weighted by Crippen LogP contribution is -2.48. The van der Waals surface area contributed by atoms with Gasteiger partial charge < -0.3 is 15.1 Å². The van der Waals surface area contributed by atoms with Gasteiger partial charge in [0.2, 0.25) is 0 Å². The zero-order chi connectivity index (χ0) is 21.8. The highest BCUT2D eigenvalue weighted by Gasteiger charge is 2.22. The molecular formula is C24H21ClFN3O2. The Labute approximate surface area is 185 Å². The molecule has 3 aromatic rings. The number of nitrogens with one attached hydrogen (secondary N) is 1. The van der Waals surface area contributed by atoms with Crippen molar-refractivity contribution >= 4 is 34.8 Å². The minimum absolute atomic E-state index is 0.00623. The molecular weight excluding hydrogens is 417 g/mol. The van der Waals surface area contributed by atoms with E-state index in [9.17, 15) is 14.0 Å². The largest absolute Gasteiger partial charge is 0.368 e. The van der Waals surface area contributed by atoms with Crippen LogP contribution < -0.4 is 10.2 Å². The maximum atomic E-state index is 13.3. The Bertz CT molecular complexity index is 1080. The lowest BCUT2D eigenvalue weighted by atomic mass is 10.1. The van der Waals surface area contributed by atoms with Gasteiger partial charge in [-0.1, -0.05) is 17.7 Å². The normalized spacial score (nSPS) is 13.7.